The number of benzene rings is 1. The molecular weight excluding hydrogens is 218 g/mol. The summed E-state index contributed by atoms with van der Waals surface area (Å²) in [5.41, 5.74) is 0.672. The van der Waals surface area contributed by atoms with Crippen LogP contribution in [0.1, 0.15) is 6.92 Å². The first-order valence-electron chi connectivity index (χ1n) is 5.24. The second-order valence-corrected chi connectivity index (χ2v) is 3.85. The maximum atomic E-state index is 11.8. The SMILES string of the molecule is CC1C(C#N)C(=O)NC(=O)N1c1ccccc1. The summed E-state index contributed by atoms with van der Waals surface area (Å²) in [6.45, 7) is 1.69. The summed E-state index contributed by atoms with van der Waals surface area (Å²) in [6.07, 6.45) is 0. The monoisotopic (exact) mass is 229 g/mol. The molecule has 0 radical (unpaired) electrons. The fraction of sp³-hybridized carbons (Fsp3) is 0.250. The Balaban J connectivity index is 2.37. The molecule has 2 rings (SSSR count). The lowest BCUT2D eigenvalue weighted by molar-refractivity contribution is -0.123. The van der Waals surface area contributed by atoms with Crippen molar-refractivity contribution < 1.29 is 9.59 Å². The molecule has 2 atom stereocenters. The number of nitrogens with one attached hydrogen (secondary N) is 1. The van der Waals surface area contributed by atoms with Gasteiger partial charge in [-0.1, -0.05) is 18.2 Å². The van der Waals surface area contributed by atoms with Crippen LogP contribution in [0.3, 0.4) is 0 Å². The van der Waals surface area contributed by atoms with Gasteiger partial charge in [-0.15, -0.1) is 0 Å². The summed E-state index contributed by atoms with van der Waals surface area (Å²) in [7, 11) is 0. The summed E-state index contributed by atoms with van der Waals surface area (Å²) >= 11 is 0. The van der Waals surface area contributed by atoms with E-state index in [2.05, 4.69) is 5.32 Å². The van der Waals surface area contributed by atoms with Crippen LogP contribution in [0.2, 0.25) is 0 Å². The fourth-order valence-electron chi connectivity index (χ4n) is 1.90. The number of nitrogens with zero attached hydrogens (tertiary/aromatic N) is 2. The standard InChI is InChI=1S/C12H11N3O2/c1-8-10(7-13)11(16)14-12(17)15(8)9-5-3-2-4-6-9/h2-6,8,10H,1H3,(H,14,16,17). The lowest BCUT2D eigenvalue weighted by atomic mass is 9.98. The summed E-state index contributed by atoms with van der Waals surface area (Å²) in [5, 5.41) is 11.1. The third-order valence-electron chi connectivity index (χ3n) is 2.79. The molecule has 0 saturated carbocycles. The lowest BCUT2D eigenvalue weighted by Gasteiger charge is -2.35. The minimum Gasteiger partial charge on any atom is -0.290 e. The smallest absolute Gasteiger partial charge is 0.290 e. The van der Waals surface area contributed by atoms with Gasteiger partial charge in [0.1, 0.15) is 5.92 Å². The van der Waals surface area contributed by atoms with Crippen molar-refractivity contribution in [2.24, 2.45) is 5.92 Å². The molecule has 1 fully saturated rings. The van der Waals surface area contributed by atoms with Crippen LogP contribution >= 0.6 is 0 Å². The minimum atomic E-state index is -0.840. The highest BCUT2D eigenvalue weighted by atomic mass is 16.2. The maximum absolute atomic E-state index is 11.8. The summed E-state index contributed by atoms with van der Waals surface area (Å²) in [4.78, 5) is 24.6. The molecule has 0 spiro atoms. The molecule has 1 N–H and O–H groups in total. The third kappa shape index (κ3) is 1.85. The molecule has 1 aromatic carbocycles. The molecule has 3 amide bonds. The first kappa shape index (κ1) is 11.1. The van der Waals surface area contributed by atoms with Gasteiger partial charge in [0, 0.05) is 5.69 Å². The van der Waals surface area contributed by atoms with Gasteiger partial charge in [-0.3, -0.25) is 15.0 Å². The number of rotatable bonds is 1. The van der Waals surface area contributed by atoms with Gasteiger partial charge in [0.05, 0.1) is 12.1 Å². The summed E-state index contributed by atoms with van der Waals surface area (Å²) in [6, 6.07) is 9.93. The Labute approximate surface area is 98.6 Å². The first-order chi connectivity index (χ1) is 8.15. The zero-order valence-electron chi connectivity index (χ0n) is 9.25. The molecule has 1 aromatic rings. The van der Waals surface area contributed by atoms with E-state index in [1.807, 2.05) is 12.1 Å². The second-order valence-electron chi connectivity index (χ2n) is 3.85. The van der Waals surface area contributed by atoms with Crippen LogP contribution in [0.15, 0.2) is 30.3 Å². The number of imide groups is 1. The van der Waals surface area contributed by atoms with Crippen molar-refractivity contribution in [3.63, 3.8) is 0 Å². The average Bonchev–Trinajstić information content (AvgIpc) is 2.30. The molecule has 0 bridgehead atoms. The van der Waals surface area contributed by atoms with Gasteiger partial charge in [0.25, 0.3) is 0 Å². The van der Waals surface area contributed by atoms with Crippen molar-refractivity contribution in [2.75, 3.05) is 4.90 Å². The van der Waals surface area contributed by atoms with E-state index in [1.165, 1.54) is 4.90 Å². The van der Waals surface area contributed by atoms with Crippen LogP contribution in [-0.4, -0.2) is 18.0 Å². The Hall–Kier alpha value is -2.35. The van der Waals surface area contributed by atoms with E-state index in [1.54, 1.807) is 31.2 Å². The molecule has 2 unspecified atom stereocenters. The van der Waals surface area contributed by atoms with Crippen LogP contribution in [0, 0.1) is 17.2 Å². The van der Waals surface area contributed by atoms with E-state index in [4.69, 9.17) is 5.26 Å². The third-order valence-corrected chi connectivity index (χ3v) is 2.79. The predicted octanol–water partition coefficient (Wildman–Crippen LogP) is 1.27. The molecule has 17 heavy (non-hydrogen) atoms. The van der Waals surface area contributed by atoms with E-state index in [0.717, 1.165) is 0 Å². The molecule has 1 saturated heterocycles. The highest BCUT2D eigenvalue weighted by Gasteiger charge is 2.39. The van der Waals surface area contributed by atoms with Gasteiger partial charge in [0.15, 0.2) is 0 Å². The van der Waals surface area contributed by atoms with Crippen LogP contribution < -0.4 is 10.2 Å². The van der Waals surface area contributed by atoms with Gasteiger partial charge in [-0.25, -0.2) is 4.79 Å². The Morgan fingerprint density at radius 3 is 2.53 bits per heavy atom. The Morgan fingerprint density at radius 1 is 1.29 bits per heavy atom. The number of nitriles is 1. The Bertz CT molecular complexity index is 492. The molecular formula is C12H11N3O2. The first-order valence-corrected chi connectivity index (χ1v) is 5.24. The van der Waals surface area contributed by atoms with Crippen LogP contribution in [0.25, 0.3) is 0 Å². The van der Waals surface area contributed by atoms with Crippen molar-refractivity contribution >= 4 is 17.6 Å². The molecule has 86 valence electrons. The van der Waals surface area contributed by atoms with Crippen molar-refractivity contribution in [3.05, 3.63) is 30.3 Å². The van der Waals surface area contributed by atoms with Gasteiger partial charge in [0.2, 0.25) is 5.91 Å². The van der Waals surface area contributed by atoms with Crippen LogP contribution in [-0.2, 0) is 4.79 Å². The Kier molecular flexibility index (Phi) is 2.79. The highest BCUT2D eigenvalue weighted by Crippen LogP contribution is 2.23. The number of carbonyl (C=O) groups excluding carboxylic acids is 2. The normalized spacial score (nSPS) is 24.1. The number of urea groups is 1. The second kappa shape index (κ2) is 4.26. The fourth-order valence-corrected chi connectivity index (χ4v) is 1.90. The van der Waals surface area contributed by atoms with Crippen molar-refractivity contribution in [2.45, 2.75) is 13.0 Å². The van der Waals surface area contributed by atoms with Gasteiger partial charge < -0.3 is 0 Å². The van der Waals surface area contributed by atoms with E-state index in [9.17, 15) is 9.59 Å². The van der Waals surface area contributed by atoms with Crippen molar-refractivity contribution in [1.29, 1.82) is 5.26 Å². The summed E-state index contributed by atoms with van der Waals surface area (Å²) in [5.74, 6) is -1.37. The number of hydrogen-bond acceptors (Lipinski definition) is 3. The van der Waals surface area contributed by atoms with Crippen LogP contribution in [0.4, 0.5) is 10.5 Å². The van der Waals surface area contributed by atoms with Gasteiger partial charge in [-0.05, 0) is 19.1 Å². The summed E-state index contributed by atoms with van der Waals surface area (Å²) < 4.78 is 0. The predicted molar refractivity (Wildman–Crippen MR) is 61.0 cm³/mol. The zero-order valence-corrected chi connectivity index (χ0v) is 9.25. The quantitative estimate of drug-likeness (QED) is 0.788. The lowest BCUT2D eigenvalue weighted by Crippen LogP contribution is -2.59. The van der Waals surface area contributed by atoms with Crippen LogP contribution in [0.5, 0.6) is 0 Å². The van der Waals surface area contributed by atoms with E-state index < -0.39 is 23.9 Å². The number of amides is 3. The molecule has 5 nitrogen and oxygen atoms in total. The average molecular weight is 229 g/mol. The molecule has 1 aliphatic rings. The number of anilines is 1. The highest BCUT2D eigenvalue weighted by molar-refractivity contribution is 6.07. The minimum absolute atomic E-state index is 0.469. The number of para-hydroxylation sites is 1. The maximum Gasteiger partial charge on any atom is 0.328 e. The van der Waals surface area contributed by atoms with E-state index >= 15 is 0 Å². The molecule has 0 aliphatic carbocycles. The largest absolute Gasteiger partial charge is 0.328 e. The van der Waals surface area contributed by atoms with Gasteiger partial charge >= 0.3 is 6.03 Å². The molecule has 1 aliphatic heterocycles. The number of carbonyl (C=O) groups is 2. The molecule has 1 heterocycles. The molecule has 0 aromatic heterocycles. The molecule has 5 heteroatoms. The topological polar surface area (TPSA) is 73.2 Å². The van der Waals surface area contributed by atoms with Crippen molar-refractivity contribution in [1.82, 2.24) is 5.32 Å². The van der Waals surface area contributed by atoms with Crippen molar-refractivity contribution in [3.8, 4) is 6.07 Å². The van der Waals surface area contributed by atoms with E-state index in [-0.39, 0.29) is 0 Å². The zero-order chi connectivity index (χ0) is 12.4. The Morgan fingerprint density at radius 2 is 1.94 bits per heavy atom. The van der Waals surface area contributed by atoms with Gasteiger partial charge in [-0.2, -0.15) is 5.26 Å². The number of hydrogen-bond donors (Lipinski definition) is 1. The van der Waals surface area contributed by atoms with E-state index in [0.29, 0.717) is 5.69 Å².